The summed E-state index contributed by atoms with van der Waals surface area (Å²) in [5.41, 5.74) is 6.60. The molecule has 0 amide bonds. The summed E-state index contributed by atoms with van der Waals surface area (Å²) in [5, 5.41) is 0. The van der Waals surface area contributed by atoms with E-state index in [9.17, 15) is 0 Å². The molecule has 0 bridgehead atoms. The molecule has 1 aliphatic heterocycles. The molecule has 1 saturated carbocycles. The van der Waals surface area contributed by atoms with Crippen molar-refractivity contribution in [1.29, 1.82) is 0 Å². The maximum Gasteiger partial charge on any atom is 0.0334 e. The van der Waals surface area contributed by atoms with E-state index in [0.29, 0.717) is 10.3 Å². The van der Waals surface area contributed by atoms with Gasteiger partial charge in [-0.25, -0.2) is 0 Å². The van der Waals surface area contributed by atoms with Crippen molar-refractivity contribution in [3.05, 3.63) is 0 Å². The summed E-state index contributed by atoms with van der Waals surface area (Å²) in [6.07, 6.45) is 6.72. The molecular weight excluding hydrogens is 264 g/mol. The van der Waals surface area contributed by atoms with Crippen LogP contribution in [0.4, 0.5) is 0 Å². The molecule has 0 aromatic rings. The highest BCUT2D eigenvalue weighted by molar-refractivity contribution is 8.00. The lowest BCUT2D eigenvalue weighted by Crippen LogP contribution is -2.57. The molecule has 2 rings (SSSR count). The molecule has 0 radical (unpaired) electrons. The lowest BCUT2D eigenvalue weighted by atomic mass is 9.70. The molecule has 0 aromatic carbocycles. The van der Waals surface area contributed by atoms with Crippen LogP contribution in [-0.2, 0) is 0 Å². The van der Waals surface area contributed by atoms with E-state index in [1.807, 2.05) is 0 Å². The van der Waals surface area contributed by atoms with Gasteiger partial charge >= 0.3 is 0 Å². The maximum atomic E-state index is 6.30. The Labute approximate surface area is 130 Å². The zero-order chi connectivity index (χ0) is 14.8. The number of nitrogens with zero attached hydrogens (tertiary/aromatic N) is 1. The van der Waals surface area contributed by atoms with Crippen molar-refractivity contribution in [2.75, 3.05) is 25.4 Å². The second-order valence-electron chi connectivity index (χ2n) is 7.87. The Kier molecular flexibility index (Phi) is 5.47. The molecule has 2 N–H and O–H groups in total. The van der Waals surface area contributed by atoms with Gasteiger partial charge in [0.15, 0.2) is 0 Å². The summed E-state index contributed by atoms with van der Waals surface area (Å²) in [4.78, 5) is 2.77. The third-order valence-electron chi connectivity index (χ3n) is 5.69. The van der Waals surface area contributed by atoms with Crippen LogP contribution in [0.1, 0.15) is 59.8 Å². The van der Waals surface area contributed by atoms with Crippen LogP contribution in [-0.4, -0.2) is 40.6 Å². The first-order chi connectivity index (χ1) is 9.38. The van der Waals surface area contributed by atoms with Gasteiger partial charge in [-0.2, -0.15) is 11.8 Å². The van der Waals surface area contributed by atoms with Crippen molar-refractivity contribution < 1.29 is 0 Å². The second kappa shape index (κ2) is 6.58. The highest BCUT2D eigenvalue weighted by Crippen LogP contribution is 2.41. The Morgan fingerprint density at radius 3 is 2.65 bits per heavy atom. The molecule has 1 saturated heterocycles. The quantitative estimate of drug-likeness (QED) is 0.860. The molecular formula is C17H34N2S. The lowest BCUT2D eigenvalue weighted by Gasteiger charge is -2.49. The van der Waals surface area contributed by atoms with Gasteiger partial charge in [0.1, 0.15) is 0 Å². The van der Waals surface area contributed by atoms with Gasteiger partial charge in [-0.1, -0.05) is 40.5 Å². The molecule has 0 spiro atoms. The number of hydrogen-bond donors (Lipinski definition) is 1. The van der Waals surface area contributed by atoms with Gasteiger partial charge in [0.2, 0.25) is 0 Å². The van der Waals surface area contributed by atoms with Crippen LogP contribution in [0.25, 0.3) is 0 Å². The summed E-state index contributed by atoms with van der Waals surface area (Å²) in [6.45, 7) is 12.9. The molecule has 2 atom stereocenters. The number of hydrogen-bond acceptors (Lipinski definition) is 3. The van der Waals surface area contributed by atoms with Crippen molar-refractivity contribution in [2.45, 2.75) is 70.1 Å². The average molecular weight is 299 g/mol. The van der Waals surface area contributed by atoms with Crippen LogP contribution >= 0.6 is 11.8 Å². The van der Waals surface area contributed by atoms with E-state index in [0.717, 1.165) is 18.4 Å². The zero-order valence-corrected chi connectivity index (χ0v) is 14.8. The predicted octanol–water partition coefficient (Wildman–Crippen LogP) is 3.75. The fourth-order valence-electron chi connectivity index (χ4n) is 4.05. The van der Waals surface area contributed by atoms with Crippen molar-refractivity contribution in [3.63, 3.8) is 0 Å². The van der Waals surface area contributed by atoms with Gasteiger partial charge in [-0.15, -0.1) is 0 Å². The fourth-order valence-corrected chi connectivity index (χ4v) is 5.15. The molecule has 1 heterocycles. The average Bonchev–Trinajstić information content (AvgIpc) is 2.60. The first kappa shape index (κ1) is 16.6. The normalized spacial score (nSPS) is 36.0. The molecule has 2 unspecified atom stereocenters. The minimum Gasteiger partial charge on any atom is -0.329 e. The van der Waals surface area contributed by atoms with Crippen molar-refractivity contribution in [3.8, 4) is 0 Å². The predicted molar refractivity (Wildman–Crippen MR) is 91.3 cm³/mol. The largest absolute Gasteiger partial charge is 0.329 e. The Bertz CT molecular complexity index is 316. The minimum absolute atomic E-state index is 0.300. The van der Waals surface area contributed by atoms with Gasteiger partial charge < -0.3 is 5.73 Å². The van der Waals surface area contributed by atoms with Crippen molar-refractivity contribution in [1.82, 2.24) is 4.90 Å². The van der Waals surface area contributed by atoms with Crippen LogP contribution in [0.2, 0.25) is 0 Å². The third kappa shape index (κ3) is 3.72. The molecule has 20 heavy (non-hydrogen) atoms. The summed E-state index contributed by atoms with van der Waals surface area (Å²) in [7, 11) is 0. The highest BCUT2D eigenvalue weighted by atomic mass is 32.2. The van der Waals surface area contributed by atoms with E-state index in [2.05, 4.69) is 44.4 Å². The number of thioether (sulfide) groups is 1. The second-order valence-corrected chi connectivity index (χ2v) is 9.68. The SMILES string of the molecule is CC(C)C1CCCC(CN)(N2CCSC(C)(C)CC2)C1. The van der Waals surface area contributed by atoms with Crippen LogP contribution in [0.3, 0.4) is 0 Å². The van der Waals surface area contributed by atoms with E-state index in [1.54, 1.807) is 0 Å². The topological polar surface area (TPSA) is 29.3 Å². The molecule has 118 valence electrons. The highest BCUT2D eigenvalue weighted by Gasteiger charge is 2.42. The molecule has 2 nitrogen and oxygen atoms in total. The van der Waals surface area contributed by atoms with Gasteiger partial charge in [0.25, 0.3) is 0 Å². The monoisotopic (exact) mass is 298 g/mol. The zero-order valence-electron chi connectivity index (χ0n) is 14.0. The van der Waals surface area contributed by atoms with Crippen LogP contribution < -0.4 is 5.73 Å². The van der Waals surface area contributed by atoms with Crippen molar-refractivity contribution in [2.24, 2.45) is 17.6 Å². The minimum atomic E-state index is 0.300. The van der Waals surface area contributed by atoms with Crippen LogP contribution in [0, 0.1) is 11.8 Å². The Hall–Kier alpha value is 0.270. The van der Waals surface area contributed by atoms with Gasteiger partial charge in [0.05, 0.1) is 0 Å². The first-order valence-corrected chi connectivity index (χ1v) is 9.46. The van der Waals surface area contributed by atoms with Gasteiger partial charge in [0, 0.05) is 35.7 Å². The molecule has 2 aliphatic rings. The summed E-state index contributed by atoms with van der Waals surface area (Å²) >= 11 is 2.14. The number of rotatable bonds is 3. The number of nitrogens with two attached hydrogens (primary N) is 1. The Balaban J connectivity index is 2.09. The summed E-state index contributed by atoms with van der Waals surface area (Å²) < 4.78 is 0.441. The van der Waals surface area contributed by atoms with E-state index in [4.69, 9.17) is 5.73 Å². The van der Waals surface area contributed by atoms with Crippen LogP contribution in [0.5, 0.6) is 0 Å². The van der Waals surface area contributed by atoms with E-state index in [-0.39, 0.29) is 0 Å². The first-order valence-electron chi connectivity index (χ1n) is 8.48. The Morgan fingerprint density at radius 1 is 1.25 bits per heavy atom. The summed E-state index contributed by atoms with van der Waals surface area (Å²) in [6, 6.07) is 0. The fraction of sp³-hybridized carbons (Fsp3) is 1.00. The van der Waals surface area contributed by atoms with Crippen LogP contribution in [0.15, 0.2) is 0 Å². The van der Waals surface area contributed by atoms with Gasteiger partial charge in [-0.3, -0.25) is 4.90 Å². The lowest BCUT2D eigenvalue weighted by molar-refractivity contribution is 0.0292. The molecule has 2 fully saturated rings. The molecule has 0 aromatic heterocycles. The summed E-state index contributed by atoms with van der Waals surface area (Å²) in [5.74, 6) is 2.94. The Morgan fingerprint density at radius 2 is 2.00 bits per heavy atom. The van der Waals surface area contributed by atoms with E-state index in [1.165, 1.54) is 50.9 Å². The molecule has 3 heteroatoms. The van der Waals surface area contributed by atoms with Crippen molar-refractivity contribution >= 4 is 11.8 Å². The van der Waals surface area contributed by atoms with E-state index >= 15 is 0 Å². The van der Waals surface area contributed by atoms with Gasteiger partial charge in [-0.05, 0) is 31.1 Å². The maximum absolute atomic E-state index is 6.30. The standard InChI is InChI=1S/C17H34N2S/c1-14(2)15-6-5-7-17(12-15,13-18)19-9-8-16(3,4)20-11-10-19/h14-15H,5-13,18H2,1-4H3. The molecule has 1 aliphatic carbocycles. The van der Waals surface area contributed by atoms with E-state index < -0.39 is 0 Å². The smallest absolute Gasteiger partial charge is 0.0334 e. The third-order valence-corrected chi connectivity index (χ3v) is 7.06.